The Morgan fingerprint density at radius 2 is 2.03 bits per heavy atom. The maximum Gasteiger partial charge on any atom is 0.325 e. The van der Waals surface area contributed by atoms with Gasteiger partial charge in [0.05, 0.1) is 11.1 Å². The van der Waals surface area contributed by atoms with Crippen molar-refractivity contribution in [1.82, 2.24) is 25.5 Å². The van der Waals surface area contributed by atoms with Crippen molar-refractivity contribution in [2.45, 2.75) is 39.3 Å². The van der Waals surface area contributed by atoms with Gasteiger partial charge in [0.1, 0.15) is 23.6 Å². The molecule has 1 fully saturated rings. The van der Waals surface area contributed by atoms with Crippen molar-refractivity contribution in [3.8, 4) is 16.3 Å². The molecule has 3 N–H and O–H groups in total. The number of hydrogen-bond donors (Lipinski definition) is 3. The van der Waals surface area contributed by atoms with Gasteiger partial charge in [-0.05, 0) is 43.5 Å². The van der Waals surface area contributed by atoms with Crippen LogP contribution in [-0.4, -0.2) is 64.6 Å². The number of carbonyl (C=O) groups is 2. The van der Waals surface area contributed by atoms with Gasteiger partial charge >= 0.3 is 6.03 Å². The first-order chi connectivity index (χ1) is 16.6. The number of aromatic nitrogens is 2. The van der Waals surface area contributed by atoms with Crippen LogP contribution in [0.3, 0.4) is 0 Å². The number of carbonyl (C=O) groups excluding carboxylic acids is 2. The van der Waals surface area contributed by atoms with E-state index in [1.54, 1.807) is 13.8 Å². The molecule has 1 aromatic carbocycles. The summed E-state index contributed by atoms with van der Waals surface area (Å²) in [4.78, 5) is 34.4. The number of halogens is 1. The largest absolute Gasteiger partial charge is 0.492 e. The number of thiophene rings is 1. The molecule has 0 radical (unpaired) electrons. The van der Waals surface area contributed by atoms with Crippen LogP contribution in [0.25, 0.3) is 20.7 Å². The average molecular weight is 501 g/mol. The normalized spacial score (nSPS) is 15.2. The first-order valence-electron chi connectivity index (χ1n) is 11.4. The van der Waals surface area contributed by atoms with Crippen molar-refractivity contribution in [3.05, 3.63) is 36.3 Å². The molecule has 4 rings (SSSR count). The monoisotopic (exact) mass is 500 g/mol. The van der Waals surface area contributed by atoms with Crippen molar-refractivity contribution < 1.29 is 18.7 Å². The molecule has 0 bridgehead atoms. The highest BCUT2D eigenvalue weighted by atomic mass is 32.1. The summed E-state index contributed by atoms with van der Waals surface area (Å²) in [5.74, 6) is 0.131. The number of hydrogen-bond acceptors (Lipinski definition) is 8. The molecule has 35 heavy (non-hydrogen) atoms. The van der Waals surface area contributed by atoms with Gasteiger partial charge in [-0.3, -0.25) is 10.1 Å². The Bertz CT molecular complexity index is 1250. The summed E-state index contributed by atoms with van der Waals surface area (Å²) in [6, 6.07) is 7.65. The van der Waals surface area contributed by atoms with Crippen LogP contribution in [0.1, 0.15) is 27.7 Å². The summed E-state index contributed by atoms with van der Waals surface area (Å²) in [5, 5.41) is 9.58. The Balaban J connectivity index is 1.43. The maximum atomic E-state index is 14.6. The minimum absolute atomic E-state index is 0.196. The second-order valence-corrected chi connectivity index (χ2v) is 10.1. The van der Waals surface area contributed by atoms with Crippen LogP contribution < -0.4 is 20.7 Å². The second-order valence-electron chi connectivity index (χ2n) is 9.05. The SMILES string of the molecule is CC(C)NCCOc1ccc2sc(-c3nc(NCCN4C(=O)NC(=O)C4(C)C)ncc3F)cc2c1. The Morgan fingerprint density at radius 1 is 1.23 bits per heavy atom. The average Bonchev–Trinajstić information content (AvgIpc) is 3.30. The first-order valence-corrected chi connectivity index (χ1v) is 12.3. The molecule has 9 nitrogen and oxygen atoms in total. The quantitative estimate of drug-likeness (QED) is 0.288. The molecule has 0 spiro atoms. The van der Waals surface area contributed by atoms with Crippen LogP contribution in [0.5, 0.6) is 5.75 Å². The van der Waals surface area contributed by atoms with E-state index in [0.29, 0.717) is 24.1 Å². The molecule has 3 heterocycles. The first kappa shape index (κ1) is 24.8. The Labute approximate surface area is 207 Å². The van der Waals surface area contributed by atoms with Crippen molar-refractivity contribution >= 4 is 39.3 Å². The highest BCUT2D eigenvalue weighted by Crippen LogP contribution is 2.35. The van der Waals surface area contributed by atoms with Crippen LogP contribution in [0.4, 0.5) is 15.1 Å². The number of urea groups is 1. The fourth-order valence-electron chi connectivity index (χ4n) is 3.72. The Kier molecular flexibility index (Phi) is 7.18. The van der Waals surface area contributed by atoms with Gasteiger partial charge in [0, 0.05) is 30.4 Å². The van der Waals surface area contributed by atoms with E-state index in [-0.39, 0.29) is 24.1 Å². The van der Waals surface area contributed by atoms with Crippen molar-refractivity contribution in [2.24, 2.45) is 0 Å². The van der Waals surface area contributed by atoms with Gasteiger partial charge in [-0.15, -0.1) is 11.3 Å². The van der Waals surface area contributed by atoms with Crippen LogP contribution in [0.2, 0.25) is 0 Å². The lowest BCUT2D eigenvalue weighted by atomic mass is 10.0. The Hall–Kier alpha value is -3.31. The molecule has 0 unspecified atom stereocenters. The third kappa shape index (κ3) is 5.51. The number of rotatable bonds is 10. The van der Waals surface area contributed by atoms with Gasteiger partial charge in [-0.2, -0.15) is 0 Å². The summed E-state index contributed by atoms with van der Waals surface area (Å²) in [6.45, 7) is 9.40. The number of ether oxygens (including phenoxy) is 1. The van der Waals surface area contributed by atoms with Crippen molar-refractivity contribution in [2.75, 3.05) is 31.6 Å². The highest BCUT2D eigenvalue weighted by Gasteiger charge is 2.45. The summed E-state index contributed by atoms with van der Waals surface area (Å²) in [7, 11) is 0. The number of amides is 3. The molecule has 1 aliphatic heterocycles. The third-order valence-corrected chi connectivity index (χ3v) is 6.83. The molecule has 11 heteroatoms. The fourth-order valence-corrected chi connectivity index (χ4v) is 4.76. The van der Waals surface area contributed by atoms with E-state index >= 15 is 0 Å². The Morgan fingerprint density at radius 3 is 2.74 bits per heavy atom. The summed E-state index contributed by atoms with van der Waals surface area (Å²) in [6.07, 6.45) is 1.13. The fraction of sp³-hybridized carbons (Fsp3) is 0.417. The zero-order chi connectivity index (χ0) is 25.2. The smallest absolute Gasteiger partial charge is 0.325 e. The molecule has 186 valence electrons. The number of fused-ring (bicyclic) bond motifs is 1. The van der Waals surface area contributed by atoms with Crippen molar-refractivity contribution in [1.29, 1.82) is 0 Å². The predicted octanol–water partition coefficient (Wildman–Crippen LogP) is 3.62. The second kappa shape index (κ2) is 10.1. The summed E-state index contributed by atoms with van der Waals surface area (Å²) in [5.41, 5.74) is -0.736. The minimum atomic E-state index is -0.932. The molecule has 0 aliphatic carbocycles. The van der Waals surface area contributed by atoms with E-state index in [1.807, 2.05) is 24.3 Å². The van der Waals surface area contributed by atoms with Gasteiger partial charge in [0.15, 0.2) is 5.82 Å². The zero-order valence-corrected chi connectivity index (χ0v) is 21.0. The molecule has 1 aliphatic rings. The molecule has 3 amide bonds. The lowest BCUT2D eigenvalue weighted by Gasteiger charge is -2.27. The van der Waals surface area contributed by atoms with E-state index in [9.17, 15) is 14.0 Å². The molecule has 0 atom stereocenters. The molecule has 3 aromatic rings. The standard InChI is InChI=1S/C24H29FN6O3S/c1-14(2)26-8-10-34-16-5-6-18-15(11-16)12-19(35-18)20-17(25)13-28-22(29-20)27-7-9-31-23(33)30-21(32)24(31,3)4/h5-6,11-14,26H,7-10H2,1-4H3,(H,27,28,29)(H,30,32,33). The van der Waals surface area contributed by atoms with Crippen LogP contribution in [-0.2, 0) is 4.79 Å². The van der Waals surface area contributed by atoms with E-state index in [0.717, 1.165) is 28.6 Å². The maximum absolute atomic E-state index is 14.6. The van der Waals surface area contributed by atoms with Crippen LogP contribution in [0, 0.1) is 5.82 Å². The highest BCUT2D eigenvalue weighted by molar-refractivity contribution is 7.22. The lowest BCUT2D eigenvalue weighted by Crippen LogP contribution is -2.46. The number of nitrogens with one attached hydrogen (secondary N) is 3. The van der Waals surface area contributed by atoms with E-state index in [2.05, 4.69) is 39.8 Å². The van der Waals surface area contributed by atoms with Gasteiger partial charge in [-0.25, -0.2) is 19.2 Å². The van der Waals surface area contributed by atoms with Gasteiger partial charge in [-0.1, -0.05) is 13.8 Å². The van der Waals surface area contributed by atoms with E-state index < -0.39 is 17.4 Å². The predicted molar refractivity (Wildman–Crippen MR) is 134 cm³/mol. The zero-order valence-electron chi connectivity index (χ0n) is 20.1. The molecule has 1 saturated heterocycles. The van der Waals surface area contributed by atoms with E-state index in [1.165, 1.54) is 16.2 Å². The van der Waals surface area contributed by atoms with Gasteiger partial charge in [0.25, 0.3) is 5.91 Å². The number of anilines is 1. The molecular weight excluding hydrogens is 471 g/mol. The third-order valence-electron chi connectivity index (χ3n) is 5.70. The summed E-state index contributed by atoms with van der Waals surface area (Å²) < 4.78 is 21.4. The van der Waals surface area contributed by atoms with E-state index in [4.69, 9.17) is 4.74 Å². The van der Waals surface area contributed by atoms with Crippen LogP contribution in [0.15, 0.2) is 30.5 Å². The van der Waals surface area contributed by atoms with Crippen molar-refractivity contribution in [3.63, 3.8) is 0 Å². The topological polar surface area (TPSA) is 108 Å². The number of benzene rings is 1. The van der Waals surface area contributed by atoms with Gasteiger partial charge in [0.2, 0.25) is 5.95 Å². The molecular formula is C24H29FN6O3S. The minimum Gasteiger partial charge on any atom is -0.492 e. The number of nitrogens with zero attached hydrogens (tertiary/aromatic N) is 3. The number of imide groups is 1. The van der Waals surface area contributed by atoms with Crippen LogP contribution >= 0.6 is 11.3 Å². The molecule has 2 aromatic heterocycles. The lowest BCUT2D eigenvalue weighted by molar-refractivity contribution is -0.125. The summed E-state index contributed by atoms with van der Waals surface area (Å²) >= 11 is 1.43. The van der Waals surface area contributed by atoms with Gasteiger partial charge < -0.3 is 20.3 Å². The molecule has 0 saturated carbocycles.